The number of anilines is 1. The van der Waals surface area contributed by atoms with E-state index in [1.165, 1.54) is 24.3 Å². The summed E-state index contributed by atoms with van der Waals surface area (Å²) in [7, 11) is -2.44. The molecule has 0 saturated heterocycles. The number of carbonyl (C=O) groups is 1. The molecule has 0 spiro atoms. The quantitative estimate of drug-likeness (QED) is 0.452. The molecule has 32 heavy (non-hydrogen) atoms. The van der Waals surface area contributed by atoms with Crippen LogP contribution in [0.25, 0.3) is 0 Å². The van der Waals surface area contributed by atoms with Crippen LogP contribution in [0.3, 0.4) is 0 Å². The lowest BCUT2D eigenvalue weighted by Crippen LogP contribution is -2.41. The van der Waals surface area contributed by atoms with Crippen molar-refractivity contribution >= 4 is 33.2 Å². The molecule has 3 aromatic carbocycles. The number of amides is 1. The molecule has 7 nitrogen and oxygen atoms in total. The van der Waals surface area contributed by atoms with E-state index in [-0.39, 0.29) is 24.6 Å². The number of halogens is 1. The van der Waals surface area contributed by atoms with Gasteiger partial charge in [0.25, 0.3) is 10.0 Å². The second-order valence-corrected chi connectivity index (χ2v) is 8.95. The third-order valence-corrected chi connectivity index (χ3v) is 6.52. The third-order valence-electron chi connectivity index (χ3n) is 4.48. The Morgan fingerprint density at radius 3 is 2.22 bits per heavy atom. The molecule has 0 aromatic heterocycles. The first kappa shape index (κ1) is 23.4. The molecular weight excluding hydrogens is 452 g/mol. The highest BCUT2D eigenvalue weighted by Gasteiger charge is 2.27. The van der Waals surface area contributed by atoms with E-state index in [9.17, 15) is 13.2 Å². The van der Waals surface area contributed by atoms with E-state index >= 15 is 0 Å². The fraction of sp³-hybridized carbons (Fsp3) is 0.174. The monoisotopic (exact) mass is 474 g/mol. The minimum atomic E-state index is -3.98. The topological polar surface area (TPSA) is 84.9 Å². The number of ether oxygens (including phenoxy) is 2. The standard InChI is InChI=1S/C23H23ClN2O5S/c1-30-21-9-5-6-10-22(21)31-16-15-25-23(27)17-26(19-7-3-2-4-8-19)32(28,29)20-13-11-18(24)12-14-20/h2-14H,15-17H2,1H3,(H,25,27). The molecule has 0 radical (unpaired) electrons. The van der Waals surface area contributed by atoms with Crippen LogP contribution in [0.2, 0.25) is 5.02 Å². The number of hydrogen-bond donors (Lipinski definition) is 1. The van der Waals surface area contributed by atoms with Crippen molar-refractivity contribution in [3.63, 3.8) is 0 Å². The molecular formula is C23H23ClN2O5S. The van der Waals surface area contributed by atoms with Crippen molar-refractivity contribution in [1.82, 2.24) is 5.32 Å². The SMILES string of the molecule is COc1ccccc1OCCNC(=O)CN(c1ccccc1)S(=O)(=O)c1ccc(Cl)cc1. The van der Waals surface area contributed by atoms with Gasteiger partial charge in [-0.15, -0.1) is 0 Å². The summed E-state index contributed by atoms with van der Waals surface area (Å²) in [6.45, 7) is 0.00548. The average Bonchev–Trinajstić information content (AvgIpc) is 2.81. The molecule has 0 fully saturated rings. The van der Waals surface area contributed by atoms with Gasteiger partial charge in [-0.05, 0) is 48.5 Å². The number of nitrogens with one attached hydrogen (secondary N) is 1. The van der Waals surface area contributed by atoms with Gasteiger partial charge in [-0.3, -0.25) is 9.10 Å². The van der Waals surface area contributed by atoms with Gasteiger partial charge in [0.2, 0.25) is 5.91 Å². The number of nitrogens with zero attached hydrogens (tertiary/aromatic N) is 1. The van der Waals surface area contributed by atoms with Crippen LogP contribution in [0.4, 0.5) is 5.69 Å². The summed E-state index contributed by atoms with van der Waals surface area (Å²) in [5.41, 5.74) is 0.378. The number of sulfonamides is 1. The predicted octanol–water partition coefficient (Wildman–Crippen LogP) is 3.74. The van der Waals surface area contributed by atoms with Gasteiger partial charge in [0, 0.05) is 5.02 Å². The Morgan fingerprint density at radius 1 is 0.938 bits per heavy atom. The molecule has 1 N–H and O–H groups in total. The first-order chi connectivity index (χ1) is 15.4. The Balaban J connectivity index is 1.67. The van der Waals surface area contributed by atoms with Crippen molar-refractivity contribution < 1.29 is 22.7 Å². The number of rotatable bonds is 10. The van der Waals surface area contributed by atoms with Crippen molar-refractivity contribution in [2.24, 2.45) is 0 Å². The predicted molar refractivity (Wildman–Crippen MR) is 124 cm³/mol. The average molecular weight is 475 g/mol. The van der Waals surface area contributed by atoms with Gasteiger partial charge in [0.05, 0.1) is 24.2 Å². The highest BCUT2D eigenvalue weighted by Crippen LogP contribution is 2.26. The molecule has 1 amide bonds. The second-order valence-electron chi connectivity index (χ2n) is 6.65. The Bertz CT molecular complexity index is 1140. The molecule has 0 saturated carbocycles. The zero-order valence-electron chi connectivity index (χ0n) is 17.4. The maximum absolute atomic E-state index is 13.2. The molecule has 0 aliphatic heterocycles. The van der Waals surface area contributed by atoms with Crippen LogP contribution in [-0.2, 0) is 14.8 Å². The molecule has 0 atom stereocenters. The molecule has 168 valence electrons. The second kappa shape index (κ2) is 10.9. The van der Waals surface area contributed by atoms with Crippen LogP contribution >= 0.6 is 11.6 Å². The van der Waals surface area contributed by atoms with Crippen LogP contribution in [0.15, 0.2) is 83.8 Å². The minimum absolute atomic E-state index is 0.0399. The lowest BCUT2D eigenvalue weighted by atomic mass is 10.3. The maximum atomic E-state index is 13.2. The molecule has 0 unspecified atom stereocenters. The lowest BCUT2D eigenvalue weighted by molar-refractivity contribution is -0.119. The van der Waals surface area contributed by atoms with Crippen LogP contribution in [0, 0.1) is 0 Å². The van der Waals surface area contributed by atoms with Gasteiger partial charge in [-0.2, -0.15) is 0 Å². The molecule has 0 bridgehead atoms. The molecule has 3 aromatic rings. The van der Waals surface area contributed by atoms with Crippen LogP contribution < -0.4 is 19.1 Å². The fourth-order valence-electron chi connectivity index (χ4n) is 2.92. The van der Waals surface area contributed by atoms with E-state index in [0.29, 0.717) is 22.2 Å². The minimum Gasteiger partial charge on any atom is -0.493 e. The van der Waals surface area contributed by atoms with Crippen LogP contribution in [0.1, 0.15) is 0 Å². The Morgan fingerprint density at radius 2 is 1.56 bits per heavy atom. The Hall–Kier alpha value is -3.23. The fourth-order valence-corrected chi connectivity index (χ4v) is 4.47. The normalized spacial score (nSPS) is 10.9. The van der Waals surface area contributed by atoms with Gasteiger partial charge in [-0.25, -0.2) is 8.42 Å². The third kappa shape index (κ3) is 5.93. The van der Waals surface area contributed by atoms with Crippen LogP contribution in [-0.4, -0.2) is 41.1 Å². The first-order valence-corrected chi connectivity index (χ1v) is 11.6. The summed E-state index contributed by atoms with van der Waals surface area (Å²) in [5, 5.41) is 3.11. The largest absolute Gasteiger partial charge is 0.493 e. The number of para-hydroxylation sites is 3. The number of benzene rings is 3. The van der Waals surface area contributed by atoms with Crippen LogP contribution in [0.5, 0.6) is 11.5 Å². The molecule has 9 heteroatoms. The van der Waals surface area contributed by atoms with E-state index in [4.69, 9.17) is 21.1 Å². The molecule has 3 rings (SSSR count). The highest BCUT2D eigenvalue weighted by atomic mass is 35.5. The molecule has 0 aliphatic rings. The van der Waals surface area contributed by atoms with Gasteiger partial charge in [0.1, 0.15) is 13.2 Å². The van der Waals surface area contributed by atoms with Gasteiger partial charge < -0.3 is 14.8 Å². The Kier molecular flexibility index (Phi) is 7.97. The highest BCUT2D eigenvalue weighted by molar-refractivity contribution is 7.92. The number of methoxy groups -OCH3 is 1. The zero-order valence-corrected chi connectivity index (χ0v) is 19.0. The van der Waals surface area contributed by atoms with Crippen molar-refractivity contribution in [2.45, 2.75) is 4.90 Å². The van der Waals surface area contributed by atoms with Crippen molar-refractivity contribution in [3.8, 4) is 11.5 Å². The van der Waals surface area contributed by atoms with Gasteiger partial charge in [-0.1, -0.05) is 41.9 Å². The number of hydrogen-bond acceptors (Lipinski definition) is 5. The summed E-state index contributed by atoms with van der Waals surface area (Å²) in [6.07, 6.45) is 0. The van der Waals surface area contributed by atoms with Gasteiger partial charge in [0.15, 0.2) is 11.5 Å². The maximum Gasteiger partial charge on any atom is 0.264 e. The van der Waals surface area contributed by atoms with E-state index in [2.05, 4.69) is 5.32 Å². The van der Waals surface area contributed by atoms with E-state index in [1.807, 2.05) is 12.1 Å². The van der Waals surface area contributed by atoms with Crippen molar-refractivity contribution in [3.05, 3.63) is 83.9 Å². The van der Waals surface area contributed by atoms with E-state index in [0.717, 1.165) is 4.31 Å². The molecule has 0 heterocycles. The summed E-state index contributed by atoms with van der Waals surface area (Å²) in [5.74, 6) is 0.679. The summed E-state index contributed by atoms with van der Waals surface area (Å²) in [4.78, 5) is 12.6. The Labute approximate surface area is 192 Å². The summed E-state index contributed by atoms with van der Waals surface area (Å²) < 4.78 is 38.4. The molecule has 0 aliphatic carbocycles. The zero-order chi connectivity index (χ0) is 23.0. The summed E-state index contributed by atoms with van der Waals surface area (Å²) >= 11 is 5.88. The van der Waals surface area contributed by atoms with Crippen molar-refractivity contribution in [2.75, 3.05) is 31.1 Å². The summed E-state index contributed by atoms with van der Waals surface area (Å²) in [6, 6.07) is 21.4. The van der Waals surface area contributed by atoms with E-state index in [1.54, 1.807) is 49.6 Å². The van der Waals surface area contributed by atoms with Crippen molar-refractivity contribution in [1.29, 1.82) is 0 Å². The van der Waals surface area contributed by atoms with E-state index < -0.39 is 15.9 Å². The first-order valence-electron chi connectivity index (χ1n) is 9.77. The lowest BCUT2D eigenvalue weighted by Gasteiger charge is -2.24. The van der Waals surface area contributed by atoms with Gasteiger partial charge >= 0.3 is 0 Å². The smallest absolute Gasteiger partial charge is 0.264 e. The number of carbonyl (C=O) groups excluding carboxylic acids is 1.